The van der Waals surface area contributed by atoms with Gasteiger partial charge in [-0.15, -0.1) is 18.8 Å². The summed E-state index contributed by atoms with van der Waals surface area (Å²) < 4.78 is 0. The van der Waals surface area contributed by atoms with Crippen molar-refractivity contribution in [1.82, 2.24) is 4.90 Å². The first-order chi connectivity index (χ1) is 10.6. The molecule has 2 atom stereocenters. The Hall–Kier alpha value is -1.79. The van der Waals surface area contributed by atoms with Crippen LogP contribution in [0.2, 0.25) is 0 Å². The average molecular weight is 328 g/mol. The molecule has 2 nitrogen and oxygen atoms in total. The van der Waals surface area contributed by atoms with E-state index in [4.69, 9.17) is 6.42 Å². The van der Waals surface area contributed by atoms with Crippen molar-refractivity contribution in [2.45, 2.75) is 30.5 Å². The minimum Gasteiger partial charge on any atom is -0.377 e. The second-order valence-corrected chi connectivity index (χ2v) is 6.10. The van der Waals surface area contributed by atoms with Crippen molar-refractivity contribution < 1.29 is 5.11 Å². The van der Waals surface area contributed by atoms with Gasteiger partial charge in [0.05, 0.1) is 0 Å². The first-order valence-electron chi connectivity index (χ1n) is 7.65. The van der Waals surface area contributed by atoms with Crippen LogP contribution in [0.3, 0.4) is 0 Å². The quantitative estimate of drug-likeness (QED) is 0.843. The Balaban J connectivity index is 0.00000192. The van der Waals surface area contributed by atoms with Gasteiger partial charge in [0.1, 0.15) is 5.60 Å². The predicted octanol–water partition coefficient (Wildman–Crippen LogP) is 3.98. The normalized spacial score (nSPS) is 27.7. The van der Waals surface area contributed by atoms with Crippen LogP contribution < -0.4 is 0 Å². The Morgan fingerprint density at radius 1 is 0.957 bits per heavy atom. The maximum absolute atomic E-state index is 10.8. The predicted molar refractivity (Wildman–Crippen MR) is 96.4 cm³/mol. The maximum atomic E-state index is 10.8. The fourth-order valence-corrected chi connectivity index (χ4v) is 3.40. The summed E-state index contributed by atoms with van der Waals surface area (Å²) in [5.74, 6) is 2.63. The maximum Gasteiger partial charge on any atom is 0.128 e. The van der Waals surface area contributed by atoms with Crippen LogP contribution in [0.1, 0.15) is 36.1 Å². The molecule has 1 fully saturated rings. The molecular formula is C20H22ClNO. The van der Waals surface area contributed by atoms with Crippen LogP contribution in [0.5, 0.6) is 0 Å². The summed E-state index contributed by atoms with van der Waals surface area (Å²) >= 11 is 0. The minimum atomic E-state index is -1.06. The first kappa shape index (κ1) is 17.6. The van der Waals surface area contributed by atoms with E-state index in [1.807, 2.05) is 36.4 Å². The number of hydrogen-bond acceptors (Lipinski definition) is 2. The van der Waals surface area contributed by atoms with Crippen LogP contribution in [0.4, 0.5) is 0 Å². The number of rotatable bonds is 2. The minimum absolute atomic E-state index is 0. The molecule has 0 aliphatic carbocycles. The van der Waals surface area contributed by atoms with E-state index in [0.29, 0.717) is 12.8 Å². The van der Waals surface area contributed by atoms with Crippen LogP contribution in [-0.2, 0) is 0 Å². The molecule has 1 aliphatic rings. The highest BCUT2D eigenvalue weighted by atomic mass is 35.5. The van der Waals surface area contributed by atoms with Gasteiger partial charge in [-0.2, -0.15) is 0 Å². The molecule has 0 saturated carbocycles. The Morgan fingerprint density at radius 3 is 1.70 bits per heavy atom. The van der Waals surface area contributed by atoms with Crippen LogP contribution in [0.25, 0.3) is 0 Å². The number of aliphatic hydroxyl groups is 1. The zero-order valence-electron chi connectivity index (χ0n) is 13.2. The summed E-state index contributed by atoms with van der Waals surface area (Å²) in [6, 6.07) is 20.8. The fraction of sp³-hybridized carbons (Fsp3) is 0.300. The van der Waals surface area contributed by atoms with E-state index in [0.717, 1.165) is 0 Å². The average Bonchev–Trinajstić information content (AvgIpc) is 2.58. The van der Waals surface area contributed by atoms with Gasteiger partial charge in [0, 0.05) is 24.9 Å². The third-order valence-electron chi connectivity index (χ3n) is 4.68. The van der Waals surface area contributed by atoms with E-state index in [2.05, 4.69) is 42.1 Å². The smallest absolute Gasteiger partial charge is 0.128 e. The lowest BCUT2D eigenvalue weighted by molar-refractivity contribution is -0.0298. The number of halogens is 1. The zero-order chi connectivity index (χ0) is 15.6. The summed E-state index contributed by atoms with van der Waals surface area (Å²) in [7, 11) is 2.12. The molecule has 2 aromatic carbocycles. The third-order valence-corrected chi connectivity index (χ3v) is 4.68. The number of likely N-dealkylation sites (tertiary alicyclic amines) is 1. The molecule has 120 valence electrons. The lowest BCUT2D eigenvalue weighted by Crippen LogP contribution is -2.45. The van der Waals surface area contributed by atoms with Crippen molar-refractivity contribution in [2.75, 3.05) is 7.05 Å². The van der Waals surface area contributed by atoms with E-state index in [9.17, 15) is 5.11 Å². The van der Waals surface area contributed by atoms with Gasteiger partial charge in [0.15, 0.2) is 0 Å². The molecule has 1 N–H and O–H groups in total. The zero-order valence-corrected chi connectivity index (χ0v) is 14.0. The van der Waals surface area contributed by atoms with Gasteiger partial charge in [-0.1, -0.05) is 66.6 Å². The van der Waals surface area contributed by atoms with Crippen LogP contribution in [0.15, 0.2) is 60.7 Å². The number of terminal acetylenes is 1. The topological polar surface area (TPSA) is 23.5 Å². The van der Waals surface area contributed by atoms with Gasteiger partial charge < -0.3 is 5.11 Å². The van der Waals surface area contributed by atoms with Crippen molar-refractivity contribution in [2.24, 2.45) is 0 Å². The summed E-state index contributed by atoms with van der Waals surface area (Å²) in [6.07, 6.45) is 6.77. The summed E-state index contributed by atoms with van der Waals surface area (Å²) in [4.78, 5) is 2.33. The lowest BCUT2D eigenvalue weighted by atomic mass is 9.78. The second-order valence-electron chi connectivity index (χ2n) is 6.10. The highest BCUT2D eigenvalue weighted by molar-refractivity contribution is 5.85. The van der Waals surface area contributed by atoms with Crippen molar-refractivity contribution in [3.8, 4) is 12.3 Å². The summed E-state index contributed by atoms with van der Waals surface area (Å²) in [5.41, 5.74) is 1.33. The molecule has 1 aliphatic heterocycles. The molecule has 3 rings (SSSR count). The molecule has 0 amide bonds. The molecular weight excluding hydrogens is 306 g/mol. The molecule has 0 spiro atoms. The Kier molecular flexibility index (Phi) is 5.49. The van der Waals surface area contributed by atoms with E-state index < -0.39 is 5.60 Å². The van der Waals surface area contributed by atoms with Crippen molar-refractivity contribution in [3.05, 3.63) is 71.8 Å². The largest absolute Gasteiger partial charge is 0.377 e. The van der Waals surface area contributed by atoms with E-state index in [1.165, 1.54) is 11.1 Å². The van der Waals surface area contributed by atoms with E-state index in [-0.39, 0.29) is 24.5 Å². The molecule has 0 bridgehead atoms. The van der Waals surface area contributed by atoms with Gasteiger partial charge in [-0.25, -0.2) is 0 Å². The first-order valence-corrected chi connectivity index (χ1v) is 7.65. The second kappa shape index (κ2) is 7.19. The Bertz CT molecular complexity index is 616. The van der Waals surface area contributed by atoms with Gasteiger partial charge >= 0.3 is 0 Å². The van der Waals surface area contributed by atoms with Gasteiger partial charge in [0.2, 0.25) is 0 Å². The number of benzene rings is 2. The highest BCUT2D eigenvalue weighted by Gasteiger charge is 2.42. The lowest BCUT2D eigenvalue weighted by Gasteiger charge is -2.46. The standard InChI is InChI=1S/C20H21NO.ClH/c1-3-20(22)14-18(16-10-6-4-7-11-16)21(2)19(15-20)17-12-8-5-9-13-17;/h1,4-13,18-19,22H,14-15H2,2H3;1H. The SMILES string of the molecule is C#CC1(O)CC(c2ccccc2)N(C)C(c2ccccc2)C1.Cl. The van der Waals surface area contributed by atoms with E-state index >= 15 is 0 Å². The van der Waals surface area contributed by atoms with Crippen molar-refractivity contribution >= 4 is 12.4 Å². The van der Waals surface area contributed by atoms with Gasteiger partial charge in [0.25, 0.3) is 0 Å². The number of piperidine rings is 1. The van der Waals surface area contributed by atoms with Crippen molar-refractivity contribution in [1.29, 1.82) is 0 Å². The monoisotopic (exact) mass is 327 g/mol. The molecule has 2 unspecified atom stereocenters. The van der Waals surface area contributed by atoms with Gasteiger partial charge in [-0.3, -0.25) is 4.90 Å². The molecule has 0 radical (unpaired) electrons. The van der Waals surface area contributed by atoms with Crippen LogP contribution in [-0.4, -0.2) is 22.7 Å². The number of nitrogens with zero attached hydrogens (tertiary/aromatic N) is 1. The molecule has 3 heteroatoms. The van der Waals surface area contributed by atoms with E-state index in [1.54, 1.807) is 0 Å². The molecule has 23 heavy (non-hydrogen) atoms. The third kappa shape index (κ3) is 3.59. The summed E-state index contributed by atoms with van der Waals surface area (Å²) in [5, 5.41) is 10.8. The highest BCUT2D eigenvalue weighted by Crippen LogP contribution is 2.44. The van der Waals surface area contributed by atoms with Crippen molar-refractivity contribution in [3.63, 3.8) is 0 Å². The number of hydrogen-bond donors (Lipinski definition) is 1. The Morgan fingerprint density at radius 2 is 1.35 bits per heavy atom. The molecule has 1 heterocycles. The van der Waals surface area contributed by atoms with Crippen LogP contribution in [0, 0.1) is 12.3 Å². The van der Waals surface area contributed by atoms with Gasteiger partial charge in [-0.05, 0) is 18.2 Å². The molecule has 1 saturated heterocycles. The summed E-state index contributed by atoms with van der Waals surface area (Å²) in [6.45, 7) is 0. The molecule has 0 aromatic heterocycles. The Labute approximate surface area is 144 Å². The molecule has 2 aromatic rings. The fourth-order valence-electron chi connectivity index (χ4n) is 3.40. The van der Waals surface area contributed by atoms with Crippen LogP contribution >= 0.6 is 12.4 Å².